The molecule has 2 N–H and O–H groups in total. The zero-order valence-corrected chi connectivity index (χ0v) is 13.4. The molecule has 0 aliphatic carbocycles. The van der Waals surface area contributed by atoms with E-state index in [0.717, 1.165) is 6.26 Å². The number of anilines is 1. The summed E-state index contributed by atoms with van der Waals surface area (Å²) in [6.45, 7) is 4.01. The Morgan fingerprint density at radius 1 is 1.30 bits per heavy atom. The van der Waals surface area contributed by atoms with Gasteiger partial charge in [-0.3, -0.25) is 9.48 Å². The van der Waals surface area contributed by atoms with Crippen LogP contribution in [0.25, 0.3) is 5.57 Å². The lowest BCUT2D eigenvalue weighted by atomic mass is 10.1. The second-order valence-electron chi connectivity index (χ2n) is 4.92. The normalized spacial score (nSPS) is 11.2. The first-order valence-corrected chi connectivity index (χ1v) is 8.65. The number of amides is 1. The number of nitrogens with one attached hydrogen (secondary N) is 1. The summed E-state index contributed by atoms with van der Waals surface area (Å²) in [7, 11) is -3.28. The van der Waals surface area contributed by atoms with Gasteiger partial charge < -0.3 is 10.4 Å². The van der Waals surface area contributed by atoms with Gasteiger partial charge in [-0.05, 0) is 17.7 Å². The largest absolute Gasteiger partial charge is 0.394 e. The number of nitrogens with zero attached hydrogens (tertiary/aromatic N) is 2. The second-order valence-corrected chi connectivity index (χ2v) is 6.93. The topological polar surface area (TPSA) is 101 Å². The number of benzene rings is 1. The highest BCUT2D eigenvalue weighted by Gasteiger charge is 2.13. The summed E-state index contributed by atoms with van der Waals surface area (Å²) in [5, 5.41) is 15.5. The standard InChI is InChI=1S/C15H17N3O4S/c1-11(12-3-5-13(6-4-12)23(2,21)22)15(20)16-14-7-8-18(17-14)9-10-19/h3-8,19H,1,9-10H2,2H3,(H,16,17,20). The van der Waals surface area contributed by atoms with Crippen molar-refractivity contribution in [3.05, 3.63) is 48.7 Å². The van der Waals surface area contributed by atoms with Gasteiger partial charge in [-0.1, -0.05) is 18.7 Å². The highest BCUT2D eigenvalue weighted by molar-refractivity contribution is 7.90. The molecule has 1 aromatic heterocycles. The van der Waals surface area contributed by atoms with Gasteiger partial charge in [-0.15, -0.1) is 0 Å². The highest BCUT2D eigenvalue weighted by Crippen LogP contribution is 2.17. The average molecular weight is 335 g/mol. The zero-order chi connectivity index (χ0) is 17.0. The van der Waals surface area contributed by atoms with Crippen LogP contribution >= 0.6 is 0 Å². The van der Waals surface area contributed by atoms with Gasteiger partial charge in [0.05, 0.1) is 18.0 Å². The molecule has 0 bridgehead atoms. The third kappa shape index (κ3) is 4.27. The Hall–Kier alpha value is -2.45. The van der Waals surface area contributed by atoms with Gasteiger partial charge in [-0.25, -0.2) is 8.42 Å². The molecule has 0 radical (unpaired) electrons. The number of hydrogen-bond donors (Lipinski definition) is 2. The number of rotatable bonds is 6. The van der Waals surface area contributed by atoms with Crippen LogP contribution in [0.4, 0.5) is 5.82 Å². The molecule has 1 heterocycles. The molecular formula is C15H17N3O4S. The minimum atomic E-state index is -3.28. The Labute approximate surface area is 134 Å². The summed E-state index contributed by atoms with van der Waals surface area (Å²) in [5.74, 6) is -0.0938. The molecule has 8 heteroatoms. The Kier molecular flexibility index (Phi) is 4.97. The smallest absolute Gasteiger partial charge is 0.256 e. The first kappa shape index (κ1) is 16.9. The van der Waals surface area contributed by atoms with Crippen LogP contribution in [0.15, 0.2) is 48.0 Å². The van der Waals surface area contributed by atoms with Crippen LogP contribution in [0.3, 0.4) is 0 Å². The molecule has 1 amide bonds. The van der Waals surface area contributed by atoms with Crippen LogP contribution in [0.1, 0.15) is 5.56 Å². The van der Waals surface area contributed by atoms with E-state index >= 15 is 0 Å². The molecule has 122 valence electrons. The van der Waals surface area contributed by atoms with Crippen LogP contribution in [0.5, 0.6) is 0 Å². The van der Waals surface area contributed by atoms with Crippen molar-refractivity contribution >= 4 is 27.1 Å². The second kappa shape index (κ2) is 6.76. The van der Waals surface area contributed by atoms with Crippen LogP contribution < -0.4 is 5.32 Å². The fraction of sp³-hybridized carbons (Fsp3) is 0.200. The number of sulfone groups is 1. The Morgan fingerprint density at radius 3 is 2.52 bits per heavy atom. The van der Waals surface area contributed by atoms with Gasteiger partial charge in [0, 0.05) is 24.1 Å². The lowest BCUT2D eigenvalue weighted by molar-refractivity contribution is -0.111. The molecule has 0 atom stereocenters. The van der Waals surface area contributed by atoms with E-state index in [1.807, 2.05) is 0 Å². The van der Waals surface area contributed by atoms with Crippen molar-refractivity contribution in [2.45, 2.75) is 11.4 Å². The summed E-state index contributed by atoms with van der Waals surface area (Å²) < 4.78 is 24.3. The number of aliphatic hydroxyl groups excluding tert-OH is 1. The van der Waals surface area contributed by atoms with Crippen molar-refractivity contribution in [1.82, 2.24) is 9.78 Å². The molecule has 0 fully saturated rings. The van der Waals surface area contributed by atoms with Gasteiger partial charge in [0.1, 0.15) is 0 Å². The molecule has 0 unspecified atom stereocenters. The van der Waals surface area contributed by atoms with E-state index < -0.39 is 15.7 Å². The van der Waals surface area contributed by atoms with E-state index in [1.54, 1.807) is 12.3 Å². The third-order valence-corrected chi connectivity index (χ3v) is 4.24. The molecule has 0 aliphatic heterocycles. The average Bonchev–Trinajstić information content (AvgIpc) is 2.93. The Bertz CT molecular complexity index is 823. The van der Waals surface area contributed by atoms with Crippen LogP contribution in [-0.2, 0) is 21.2 Å². The summed E-state index contributed by atoms with van der Waals surface area (Å²) in [6.07, 6.45) is 2.75. The maximum absolute atomic E-state index is 12.1. The number of aliphatic hydroxyl groups is 1. The third-order valence-electron chi connectivity index (χ3n) is 3.12. The van der Waals surface area contributed by atoms with Crippen molar-refractivity contribution in [3.8, 4) is 0 Å². The Balaban J connectivity index is 2.08. The fourth-order valence-corrected chi connectivity index (χ4v) is 2.51. The number of carbonyl (C=O) groups is 1. The van der Waals surface area contributed by atoms with Gasteiger partial charge in [0.2, 0.25) is 0 Å². The van der Waals surface area contributed by atoms with Crippen molar-refractivity contribution in [1.29, 1.82) is 0 Å². The first-order chi connectivity index (χ1) is 10.8. The van der Waals surface area contributed by atoms with Crippen LogP contribution in [-0.4, -0.2) is 42.1 Å². The van der Waals surface area contributed by atoms with Gasteiger partial charge in [0.25, 0.3) is 5.91 Å². The first-order valence-electron chi connectivity index (χ1n) is 6.76. The lowest BCUT2D eigenvalue weighted by Crippen LogP contribution is -2.14. The van der Waals surface area contributed by atoms with Crippen molar-refractivity contribution in [3.63, 3.8) is 0 Å². The number of hydrogen-bond acceptors (Lipinski definition) is 5. The lowest BCUT2D eigenvalue weighted by Gasteiger charge is -2.07. The molecule has 2 rings (SSSR count). The molecule has 0 spiro atoms. The summed E-state index contributed by atoms with van der Waals surface area (Å²) in [4.78, 5) is 12.3. The summed E-state index contributed by atoms with van der Waals surface area (Å²) in [6, 6.07) is 7.52. The number of aromatic nitrogens is 2. The van der Waals surface area contributed by atoms with E-state index in [-0.39, 0.29) is 17.1 Å². The van der Waals surface area contributed by atoms with E-state index in [1.165, 1.54) is 28.9 Å². The molecule has 0 saturated carbocycles. The van der Waals surface area contributed by atoms with Gasteiger partial charge in [0.15, 0.2) is 15.7 Å². The van der Waals surface area contributed by atoms with E-state index in [9.17, 15) is 13.2 Å². The molecule has 7 nitrogen and oxygen atoms in total. The van der Waals surface area contributed by atoms with Gasteiger partial charge >= 0.3 is 0 Å². The number of carbonyl (C=O) groups excluding carboxylic acids is 1. The maximum atomic E-state index is 12.1. The Morgan fingerprint density at radius 2 is 1.96 bits per heavy atom. The predicted octanol–water partition coefficient (Wildman–Crippen LogP) is 0.931. The summed E-state index contributed by atoms with van der Waals surface area (Å²) >= 11 is 0. The van der Waals surface area contributed by atoms with Crippen molar-refractivity contribution in [2.75, 3.05) is 18.2 Å². The van der Waals surface area contributed by atoms with Crippen molar-refractivity contribution in [2.24, 2.45) is 0 Å². The zero-order valence-electron chi connectivity index (χ0n) is 12.6. The minimum absolute atomic E-state index is 0.0472. The van der Waals surface area contributed by atoms with E-state index in [4.69, 9.17) is 5.11 Å². The maximum Gasteiger partial charge on any atom is 0.256 e. The highest BCUT2D eigenvalue weighted by atomic mass is 32.2. The minimum Gasteiger partial charge on any atom is -0.394 e. The predicted molar refractivity (Wildman–Crippen MR) is 86.5 cm³/mol. The SMILES string of the molecule is C=C(C(=O)Nc1ccn(CCO)n1)c1ccc(S(C)(=O)=O)cc1. The monoisotopic (exact) mass is 335 g/mol. The van der Waals surface area contributed by atoms with E-state index in [0.29, 0.717) is 17.9 Å². The molecule has 0 saturated heterocycles. The van der Waals surface area contributed by atoms with E-state index in [2.05, 4.69) is 17.0 Å². The van der Waals surface area contributed by atoms with Crippen LogP contribution in [0, 0.1) is 0 Å². The van der Waals surface area contributed by atoms with Crippen LogP contribution in [0.2, 0.25) is 0 Å². The molecular weight excluding hydrogens is 318 g/mol. The fourth-order valence-electron chi connectivity index (χ4n) is 1.88. The molecule has 1 aromatic carbocycles. The molecule has 0 aliphatic rings. The van der Waals surface area contributed by atoms with Gasteiger partial charge in [-0.2, -0.15) is 5.10 Å². The van der Waals surface area contributed by atoms with Crippen molar-refractivity contribution < 1.29 is 18.3 Å². The molecule has 23 heavy (non-hydrogen) atoms. The quantitative estimate of drug-likeness (QED) is 0.765. The molecule has 2 aromatic rings. The summed E-state index contributed by atoms with van der Waals surface area (Å²) in [5.41, 5.74) is 0.714.